The van der Waals surface area contributed by atoms with Crippen LogP contribution in [0.25, 0.3) is 0 Å². The molecule has 158 valence electrons. The topological polar surface area (TPSA) is 142 Å². The highest BCUT2D eigenvalue weighted by atomic mass is 19.4. The Hall–Kier alpha value is -4.03. The number of aryl methyl sites for hydroxylation is 1. The monoisotopic (exact) mass is 427 g/mol. The molecule has 0 unspecified atom stereocenters. The largest absolute Gasteiger partial charge is 0.452 e. The van der Waals surface area contributed by atoms with E-state index in [0.717, 1.165) is 6.07 Å². The van der Waals surface area contributed by atoms with Gasteiger partial charge in [-0.3, -0.25) is 25.0 Å². The number of halogens is 3. The van der Waals surface area contributed by atoms with Crippen LogP contribution in [0, 0.1) is 27.2 Å². The minimum Gasteiger partial charge on any atom is -0.452 e. The zero-order chi connectivity index (χ0) is 22.6. The zero-order valence-electron chi connectivity index (χ0n) is 15.1. The molecule has 2 rings (SSSR count). The molecule has 0 aromatic heterocycles. The van der Waals surface area contributed by atoms with E-state index in [1.54, 1.807) is 0 Å². The van der Waals surface area contributed by atoms with Gasteiger partial charge in [0, 0.05) is 11.6 Å². The Morgan fingerprint density at radius 3 is 2.33 bits per heavy atom. The van der Waals surface area contributed by atoms with Crippen LogP contribution in [-0.2, 0) is 15.7 Å². The molecule has 2 aromatic rings. The number of hydrogen-bond acceptors (Lipinski definition) is 7. The maximum absolute atomic E-state index is 12.7. The molecule has 0 bridgehead atoms. The molecule has 0 spiro atoms. The van der Waals surface area contributed by atoms with E-state index >= 15 is 0 Å². The lowest BCUT2D eigenvalue weighted by Gasteiger charge is -2.10. The molecule has 10 nitrogen and oxygen atoms in total. The van der Waals surface area contributed by atoms with Gasteiger partial charge in [-0.15, -0.1) is 0 Å². The normalized spacial score (nSPS) is 10.9. The van der Waals surface area contributed by atoms with Gasteiger partial charge in [0.1, 0.15) is 11.3 Å². The minimum atomic E-state index is -4.83. The highest BCUT2D eigenvalue weighted by molar-refractivity contribution is 5.98. The van der Waals surface area contributed by atoms with Crippen molar-refractivity contribution in [2.24, 2.45) is 0 Å². The summed E-state index contributed by atoms with van der Waals surface area (Å²) in [5.41, 5.74) is -3.59. The molecule has 0 saturated carbocycles. The van der Waals surface area contributed by atoms with Crippen molar-refractivity contribution in [2.75, 3.05) is 11.9 Å². The summed E-state index contributed by atoms with van der Waals surface area (Å²) >= 11 is 0. The number of carbonyl (C=O) groups is 2. The van der Waals surface area contributed by atoms with Gasteiger partial charge in [0.05, 0.1) is 15.4 Å². The molecular formula is C17H12F3N3O7. The first-order chi connectivity index (χ1) is 13.9. The van der Waals surface area contributed by atoms with E-state index in [0.29, 0.717) is 12.1 Å². The summed E-state index contributed by atoms with van der Waals surface area (Å²) in [5, 5.41) is 24.1. The third kappa shape index (κ3) is 5.06. The predicted octanol–water partition coefficient (Wildman–Crippen LogP) is 3.63. The fourth-order valence-electron chi connectivity index (χ4n) is 2.43. The van der Waals surface area contributed by atoms with Crippen molar-refractivity contribution in [3.05, 3.63) is 73.3 Å². The Morgan fingerprint density at radius 2 is 1.77 bits per heavy atom. The highest BCUT2D eigenvalue weighted by Crippen LogP contribution is 2.35. The van der Waals surface area contributed by atoms with E-state index in [9.17, 15) is 43.0 Å². The maximum Gasteiger partial charge on any atom is 0.416 e. The average Bonchev–Trinajstić information content (AvgIpc) is 2.64. The standard InChI is InChI=1S/C17H12F3N3O7/c1-9-3-2-4-11(15(9)23(28)29)16(25)30-8-14(24)21-12-6-5-10(17(18,19)20)7-13(12)22(26)27/h2-7H,8H2,1H3,(H,21,24). The Morgan fingerprint density at radius 1 is 1.10 bits per heavy atom. The van der Waals surface area contributed by atoms with Crippen molar-refractivity contribution in [1.82, 2.24) is 0 Å². The lowest BCUT2D eigenvalue weighted by Crippen LogP contribution is -2.22. The van der Waals surface area contributed by atoms with E-state index < -0.39 is 62.7 Å². The van der Waals surface area contributed by atoms with Crippen LogP contribution in [0.2, 0.25) is 0 Å². The van der Waals surface area contributed by atoms with Crippen LogP contribution < -0.4 is 5.32 Å². The number of para-hydroxylation sites is 1. The van der Waals surface area contributed by atoms with E-state index in [2.05, 4.69) is 4.74 Å². The number of amides is 1. The Bertz CT molecular complexity index is 1040. The van der Waals surface area contributed by atoms with Crippen molar-refractivity contribution in [3.63, 3.8) is 0 Å². The summed E-state index contributed by atoms with van der Waals surface area (Å²) in [6.07, 6.45) is -4.83. The number of ether oxygens (including phenoxy) is 1. The Kier molecular flexibility index (Phi) is 6.34. The molecule has 30 heavy (non-hydrogen) atoms. The number of carbonyl (C=O) groups excluding carboxylic acids is 2. The molecule has 0 heterocycles. The van der Waals surface area contributed by atoms with Gasteiger partial charge in [-0.05, 0) is 25.1 Å². The second kappa shape index (κ2) is 8.55. The second-order valence-corrected chi connectivity index (χ2v) is 5.84. The number of alkyl halides is 3. The Balaban J connectivity index is 2.14. The van der Waals surface area contributed by atoms with E-state index in [4.69, 9.17) is 0 Å². The molecule has 1 amide bonds. The number of nitrogens with zero attached hydrogens (tertiary/aromatic N) is 2. The number of esters is 1. The van der Waals surface area contributed by atoms with Crippen molar-refractivity contribution in [3.8, 4) is 0 Å². The number of hydrogen-bond donors (Lipinski definition) is 1. The molecule has 0 radical (unpaired) electrons. The van der Waals surface area contributed by atoms with Gasteiger partial charge in [0.25, 0.3) is 17.3 Å². The van der Waals surface area contributed by atoms with Gasteiger partial charge in [-0.1, -0.05) is 12.1 Å². The number of nitro groups is 2. The lowest BCUT2D eigenvalue weighted by molar-refractivity contribution is -0.385. The number of nitro benzene ring substituents is 2. The Labute approximate surface area is 165 Å². The third-order valence-corrected chi connectivity index (χ3v) is 3.77. The third-order valence-electron chi connectivity index (χ3n) is 3.77. The summed E-state index contributed by atoms with van der Waals surface area (Å²) in [6.45, 7) is 0.410. The summed E-state index contributed by atoms with van der Waals surface area (Å²) in [5.74, 6) is -2.29. The van der Waals surface area contributed by atoms with E-state index in [1.807, 2.05) is 5.32 Å². The smallest absolute Gasteiger partial charge is 0.416 e. The summed E-state index contributed by atoms with van der Waals surface area (Å²) in [4.78, 5) is 44.2. The predicted molar refractivity (Wildman–Crippen MR) is 94.8 cm³/mol. The first kappa shape index (κ1) is 22.3. The van der Waals surface area contributed by atoms with Crippen LogP contribution in [-0.4, -0.2) is 28.3 Å². The zero-order valence-corrected chi connectivity index (χ0v) is 15.1. The molecule has 0 saturated heterocycles. The molecule has 13 heteroatoms. The van der Waals surface area contributed by atoms with Crippen molar-refractivity contribution >= 4 is 28.9 Å². The summed E-state index contributed by atoms with van der Waals surface area (Å²) in [6, 6.07) is 5.34. The molecule has 2 aromatic carbocycles. The van der Waals surface area contributed by atoms with Crippen LogP contribution in [0.15, 0.2) is 36.4 Å². The molecule has 1 N–H and O–H groups in total. The fraction of sp³-hybridized carbons (Fsp3) is 0.176. The molecule has 0 aliphatic carbocycles. The van der Waals surface area contributed by atoms with Gasteiger partial charge in [-0.25, -0.2) is 4.79 Å². The number of rotatable bonds is 6. The number of nitrogens with one attached hydrogen (secondary N) is 1. The quantitative estimate of drug-likeness (QED) is 0.421. The maximum atomic E-state index is 12.7. The molecule has 0 aliphatic heterocycles. The van der Waals surface area contributed by atoms with Gasteiger partial charge >= 0.3 is 12.1 Å². The van der Waals surface area contributed by atoms with Crippen LogP contribution in [0.3, 0.4) is 0 Å². The van der Waals surface area contributed by atoms with Crippen LogP contribution in [0.1, 0.15) is 21.5 Å². The van der Waals surface area contributed by atoms with Gasteiger partial charge in [0.15, 0.2) is 6.61 Å². The molecule has 0 atom stereocenters. The van der Waals surface area contributed by atoms with Gasteiger partial charge < -0.3 is 10.1 Å². The van der Waals surface area contributed by atoms with E-state index in [-0.39, 0.29) is 11.6 Å². The van der Waals surface area contributed by atoms with Gasteiger partial charge in [-0.2, -0.15) is 13.2 Å². The molecular weight excluding hydrogens is 415 g/mol. The van der Waals surface area contributed by atoms with Crippen LogP contribution >= 0.6 is 0 Å². The molecule has 0 fully saturated rings. The average molecular weight is 427 g/mol. The SMILES string of the molecule is Cc1cccc(C(=O)OCC(=O)Nc2ccc(C(F)(F)F)cc2[N+](=O)[O-])c1[N+](=O)[O-]. The number of anilines is 1. The van der Waals surface area contributed by atoms with Crippen molar-refractivity contribution < 1.29 is 37.3 Å². The number of benzene rings is 2. The minimum absolute atomic E-state index is 0.180. The first-order valence-electron chi connectivity index (χ1n) is 7.98. The van der Waals surface area contributed by atoms with Gasteiger partial charge in [0.2, 0.25) is 0 Å². The van der Waals surface area contributed by atoms with Crippen LogP contribution in [0.4, 0.5) is 30.2 Å². The van der Waals surface area contributed by atoms with Crippen molar-refractivity contribution in [1.29, 1.82) is 0 Å². The second-order valence-electron chi connectivity index (χ2n) is 5.84. The summed E-state index contributed by atoms with van der Waals surface area (Å²) < 4.78 is 42.8. The molecule has 0 aliphatic rings. The highest BCUT2D eigenvalue weighted by Gasteiger charge is 2.33. The van der Waals surface area contributed by atoms with Crippen molar-refractivity contribution in [2.45, 2.75) is 13.1 Å². The lowest BCUT2D eigenvalue weighted by atomic mass is 10.1. The first-order valence-corrected chi connectivity index (χ1v) is 7.98. The summed E-state index contributed by atoms with van der Waals surface area (Å²) in [7, 11) is 0. The fourth-order valence-corrected chi connectivity index (χ4v) is 2.43. The van der Waals surface area contributed by atoms with Crippen LogP contribution in [0.5, 0.6) is 0 Å². The van der Waals surface area contributed by atoms with E-state index in [1.165, 1.54) is 19.1 Å².